The average molecular weight is 368 g/mol. The van der Waals surface area contributed by atoms with Crippen molar-refractivity contribution in [3.63, 3.8) is 0 Å². The third-order valence-corrected chi connectivity index (χ3v) is 4.49. The van der Waals surface area contributed by atoms with Crippen molar-refractivity contribution in [2.75, 3.05) is 37.7 Å². The van der Waals surface area contributed by atoms with Crippen molar-refractivity contribution in [2.45, 2.75) is 12.5 Å². The largest absolute Gasteiger partial charge is 0.481 e. The van der Waals surface area contributed by atoms with E-state index in [1.165, 1.54) is 4.90 Å². The number of hydrogen-bond acceptors (Lipinski definition) is 4. The topological polar surface area (TPSA) is 99.2 Å². The van der Waals surface area contributed by atoms with Gasteiger partial charge in [0.2, 0.25) is 0 Å². The highest BCUT2D eigenvalue weighted by atomic mass is 35.5. The van der Waals surface area contributed by atoms with Crippen LogP contribution in [0.5, 0.6) is 0 Å². The minimum absolute atomic E-state index is 0.149. The minimum Gasteiger partial charge on any atom is -0.481 e. The van der Waals surface area contributed by atoms with E-state index in [9.17, 15) is 14.4 Å². The van der Waals surface area contributed by atoms with Crippen LogP contribution in [0.3, 0.4) is 0 Å². The number of morpholine rings is 1. The zero-order valence-corrected chi connectivity index (χ0v) is 14.2. The first-order chi connectivity index (χ1) is 12.0. The van der Waals surface area contributed by atoms with Crippen LogP contribution in [-0.2, 0) is 9.53 Å². The summed E-state index contributed by atoms with van der Waals surface area (Å²) in [5.41, 5.74) is 0.882. The molecule has 2 aliphatic rings. The van der Waals surface area contributed by atoms with Crippen LogP contribution >= 0.6 is 11.6 Å². The van der Waals surface area contributed by atoms with Crippen molar-refractivity contribution < 1.29 is 24.2 Å². The number of nitrogens with zero attached hydrogens (tertiary/aromatic N) is 2. The molecule has 0 spiro atoms. The Morgan fingerprint density at radius 3 is 2.84 bits per heavy atom. The van der Waals surface area contributed by atoms with E-state index in [1.807, 2.05) is 0 Å². The molecule has 3 amide bonds. The van der Waals surface area contributed by atoms with Gasteiger partial charge < -0.3 is 20.1 Å². The van der Waals surface area contributed by atoms with Crippen LogP contribution in [0.4, 0.5) is 10.5 Å². The lowest BCUT2D eigenvalue weighted by molar-refractivity contribution is -0.141. The highest BCUT2D eigenvalue weighted by molar-refractivity contribution is 6.34. The van der Waals surface area contributed by atoms with Gasteiger partial charge in [-0.1, -0.05) is 11.6 Å². The second-order valence-electron chi connectivity index (χ2n) is 5.89. The number of hydrogen-bond donors (Lipinski definition) is 2. The Balaban J connectivity index is 1.78. The highest BCUT2D eigenvalue weighted by Gasteiger charge is 2.28. The highest BCUT2D eigenvalue weighted by Crippen LogP contribution is 2.29. The SMILES string of the molecule is O=C(O)C[C@@H]1CN(C(=O)c2ccc(Cl)c(N3CCNC3=O)c2)CCO1. The molecule has 1 aromatic carbocycles. The molecule has 1 atom stereocenters. The van der Waals surface area contributed by atoms with Gasteiger partial charge in [0, 0.05) is 31.7 Å². The van der Waals surface area contributed by atoms with E-state index in [0.717, 1.165) is 0 Å². The summed E-state index contributed by atoms with van der Waals surface area (Å²) in [6, 6.07) is 4.53. The number of nitrogens with one attached hydrogen (secondary N) is 1. The molecule has 1 aromatic rings. The molecule has 0 unspecified atom stereocenters. The Labute approximate surface area is 149 Å². The molecule has 0 saturated carbocycles. The van der Waals surface area contributed by atoms with Crippen molar-refractivity contribution in [1.82, 2.24) is 10.2 Å². The molecule has 134 valence electrons. The molecule has 0 aliphatic carbocycles. The van der Waals surface area contributed by atoms with E-state index in [2.05, 4.69) is 5.32 Å². The van der Waals surface area contributed by atoms with Crippen LogP contribution in [0.25, 0.3) is 0 Å². The summed E-state index contributed by atoms with van der Waals surface area (Å²) in [7, 11) is 0. The van der Waals surface area contributed by atoms with Gasteiger partial charge in [-0.2, -0.15) is 0 Å². The Hall–Kier alpha value is -2.32. The maximum absolute atomic E-state index is 12.8. The van der Waals surface area contributed by atoms with Crippen LogP contribution in [0.1, 0.15) is 16.8 Å². The van der Waals surface area contributed by atoms with Crippen LogP contribution in [0, 0.1) is 0 Å². The molecule has 2 saturated heterocycles. The first-order valence-electron chi connectivity index (χ1n) is 7.93. The van der Waals surface area contributed by atoms with Crippen molar-refractivity contribution >= 4 is 35.2 Å². The third kappa shape index (κ3) is 3.85. The summed E-state index contributed by atoms with van der Waals surface area (Å²) >= 11 is 6.18. The average Bonchev–Trinajstić information content (AvgIpc) is 3.00. The zero-order valence-electron chi connectivity index (χ0n) is 13.4. The number of urea groups is 1. The molecule has 2 aliphatic heterocycles. The molecule has 2 fully saturated rings. The summed E-state index contributed by atoms with van der Waals surface area (Å²) in [6.07, 6.45) is -0.671. The second kappa shape index (κ2) is 7.28. The summed E-state index contributed by atoms with van der Waals surface area (Å²) < 4.78 is 5.39. The van der Waals surface area contributed by atoms with Gasteiger partial charge in [-0.25, -0.2) is 4.79 Å². The van der Waals surface area contributed by atoms with Gasteiger partial charge in [0.05, 0.1) is 29.8 Å². The minimum atomic E-state index is -0.965. The predicted octanol–water partition coefficient (Wildman–Crippen LogP) is 1.19. The Morgan fingerprint density at radius 1 is 1.36 bits per heavy atom. The number of carbonyl (C=O) groups is 3. The van der Waals surface area contributed by atoms with Crippen LogP contribution in [0.15, 0.2) is 18.2 Å². The summed E-state index contributed by atoms with van der Waals surface area (Å²) in [5.74, 6) is -1.20. The van der Waals surface area contributed by atoms with E-state index in [4.69, 9.17) is 21.4 Å². The summed E-state index contributed by atoms with van der Waals surface area (Å²) in [5, 5.41) is 12.0. The Bertz CT molecular complexity index is 711. The third-order valence-electron chi connectivity index (χ3n) is 4.17. The van der Waals surface area contributed by atoms with Crippen molar-refractivity contribution in [3.8, 4) is 0 Å². The van der Waals surface area contributed by atoms with Gasteiger partial charge in [-0.15, -0.1) is 0 Å². The van der Waals surface area contributed by atoms with Gasteiger partial charge in [-0.3, -0.25) is 14.5 Å². The van der Waals surface area contributed by atoms with Gasteiger partial charge in [0.1, 0.15) is 0 Å². The fourth-order valence-electron chi connectivity index (χ4n) is 2.96. The maximum Gasteiger partial charge on any atom is 0.322 e. The van der Waals surface area contributed by atoms with Gasteiger partial charge in [0.25, 0.3) is 5.91 Å². The number of anilines is 1. The molecule has 0 radical (unpaired) electrons. The second-order valence-corrected chi connectivity index (χ2v) is 6.30. The lowest BCUT2D eigenvalue weighted by atomic mass is 10.1. The molecule has 0 aromatic heterocycles. The first kappa shape index (κ1) is 17.5. The molecule has 3 rings (SSSR count). The normalized spacial score (nSPS) is 20.5. The number of carboxylic acid groups (broad SMARTS) is 1. The number of amides is 3. The molecule has 25 heavy (non-hydrogen) atoms. The standard InChI is InChI=1S/C16H18ClN3O5/c17-12-2-1-10(7-13(12)20-4-3-18-16(20)24)15(23)19-5-6-25-11(9-19)8-14(21)22/h1-2,7,11H,3-6,8-9H2,(H,18,24)(H,21,22)/t11-/m1/s1. The maximum atomic E-state index is 12.8. The quantitative estimate of drug-likeness (QED) is 0.832. The number of carboxylic acids is 1. The van der Waals surface area contributed by atoms with Gasteiger partial charge in [0.15, 0.2) is 0 Å². The molecule has 2 N–H and O–H groups in total. The fraction of sp³-hybridized carbons (Fsp3) is 0.438. The molecular formula is C16H18ClN3O5. The van der Waals surface area contributed by atoms with E-state index >= 15 is 0 Å². The summed E-state index contributed by atoms with van der Waals surface area (Å²) in [6.45, 7) is 1.89. The van der Waals surface area contributed by atoms with Crippen molar-refractivity contribution in [1.29, 1.82) is 0 Å². The number of halogens is 1. The predicted molar refractivity (Wildman–Crippen MR) is 90.1 cm³/mol. The lowest BCUT2D eigenvalue weighted by Gasteiger charge is -2.32. The number of rotatable bonds is 4. The van der Waals surface area contributed by atoms with Crippen LogP contribution < -0.4 is 10.2 Å². The van der Waals surface area contributed by atoms with Crippen molar-refractivity contribution in [2.24, 2.45) is 0 Å². The molecule has 2 heterocycles. The Kier molecular flexibility index (Phi) is 5.10. The van der Waals surface area contributed by atoms with Gasteiger partial charge >= 0.3 is 12.0 Å². The zero-order chi connectivity index (χ0) is 18.0. The monoisotopic (exact) mass is 367 g/mol. The van der Waals surface area contributed by atoms with E-state index in [-0.39, 0.29) is 24.9 Å². The number of ether oxygens (including phenoxy) is 1. The van der Waals surface area contributed by atoms with Crippen LogP contribution in [0.2, 0.25) is 5.02 Å². The lowest BCUT2D eigenvalue weighted by Crippen LogP contribution is -2.46. The fourth-order valence-corrected chi connectivity index (χ4v) is 3.18. The van der Waals surface area contributed by atoms with E-state index in [0.29, 0.717) is 42.5 Å². The van der Waals surface area contributed by atoms with Crippen molar-refractivity contribution in [3.05, 3.63) is 28.8 Å². The summed E-state index contributed by atoms with van der Waals surface area (Å²) in [4.78, 5) is 38.5. The van der Waals surface area contributed by atoms with Gasteiger partial charge in [-0.05, 0) is 18.2 Å². The smallest absolute Gasteiger partial charge is 0.322 e. The van der Waals surface area contributed by atoms with E-state index in [1.54, 1.807) is 23.1 Å². The Morgan fingerprint density at radius 2 is 2.16 bits per heavy atom. The van der Waals surface area contributed by atoms with Crippen LogP contribution in [-0.4, -0.2) is 66.8 Å². The molecule has 8 nitrogen and oxygen atoms in total. The number of carbonyl (C=O) groups excluding carboxylic acids is 2. The molecule has 9 heteroatoms. The number of aliphatic carboxylic acids is 1. The van der Waals surface area contributed by atoms with E-state index < -0.39 is 12.1 Å². The molecular weight excluding hydrogens is 350 g/mol. The first-order valence-corrected chi connectivity index (χ1v) is 8.31. The number of benzene rings is 1. The molecule has 0 bridgehead atoms.